The highest BCUT2D eigenvalue weighted by molar-refractivity contribution is 5.95. The normalized spacial score (nSPS) is 16.9. The molecule has 1 amide bonds. The number of methoxy groups -OCH3 is 1. The van der Waals surface area contributed by atoms with Crippen LogP contribution in [-0.2, 0) is 11.3 Å². The number of hydrogen-bond donors (Lipinski definition) is 1. The Balaban J connectivity index is 1.70. The molecule has 2 aromatic carbocycles. The summed E-state index contributed by atoms with van der Waals surface area (Å²) in [5.41, 5.74) is 2.38. The van der Waals surface area contributed by atoms with Crippen LogP contribution < -0.4 is 10.1 Å². The largest absolute Gasteiger partial charge is 0.497 e. The Morgan fingerprint density at radius 3 is 2.70 bits per heavy atom. The second-order valence-corrected chi connectivity index (χ2v) is 6.66. The number of benzene rings is 2. The summed E-state index contributed by atoms with van der Waals surface area (Å²) in [6.45, 7) is 3.08. The van der Waals surface area contributed by atoms with Gasteiger partial charge in [-0.05, 0) is 56.1 Å². The Bertz CT molecular complexity index is 836. The number of carbonyl (C=O) groups is 1. The molecule has 1 atom stereocenters. The van der Waals surface area contributed by atoms with Gasteiger partial charge in [0.15, 0.2) is 0 Å². The first-order valence-electron chi connectivity index (χ1n) is 8.91. The maximum absolute atomic E-state index is 12.7. The van der Waals surface area contributed by atoms with Crippen LogP contribution in [0.4, 0.5) is 11.4 Å². The molecule has 3 rings (SSSR count). The zero-order valence-electron chi connectivity index (χ0n) is 15.5. The summed E-state index contributed by atoms with van der Waals surface area (Å²) in [6, 6.07) is 12.1. The average molecular weight is 369 g/mol. The van der Waals surface area contributed by atoms with Crippen molar-refractivity contribution in [3.63, 3.8) is 0 Å². The monoisotopic (exact) mass is 369 g/mol. The number of hydrogen-bond acceptors (Lipinski definition) is 5. The van der Waals surface area contributed by atoms with Crippen LogP contribution in [0.3, 0.4) is 0 Å². The topological polar surface area (TPSA) is 84.7 Å². The summed E-state index contributed by atoms with van der Waals surface area (Å²) in [6.07, 6.45) is 1.70. The van der Waals surface area contributed by atoms with Gasteiger partial charge in [0.1, 0.15) is 5.75 Å². The van der Waals surface area contributed by atoms with Gasteiger partial charge in [0.25, 0.3) is 5.69 Å². The number of amides is 1. The molecular formula is C20H23N3O4. The zero-order chi connectivity index (χ0) is 19.4. The van der Waals surface area contributed by atoms with Gasteiger partial charge in [0.2, 0.25) is 5.91 Å². The molecule has 0 radical (unpaired) electrons. The van der Waals surface area contributed by atoms with Gasteiger partial charge >= 0.3 is 0 Å². The molecule has 0 bridgehead atoms. The van der Waals surface area contributed by atoms with Gasteiger partial charge in [-0.25, -0.2) is 0 Å². The number of likely N-dealkylation sites (tertiary alicyclic amines) is 1. The number of nitrogens with one attached hydrogen (secondary N) is 1. The van der Waals surface area contributed by atoms with Crippen molar-refractivity contribution in [1.82, 2.24) is 4.90 Å². The summed E-state index contributed by atoms with van der Waals surface area (Å²) in [7, 11) is 1.60. The van der Waals surface area contributed by atoms with E-state index in [1.165, 1.54) is 6.07 Å². The average Bonchev–Trinajstić information content (AvgIpc) is 3.12. The summed E-state index contributed by atoms with van der Waals surface area (Å²) in [4.78, 5) is 25.6. The molecule has 142 valence electrons. The summed E-state index contributed by atoms with van der Waals surface area (Å²) in [5, 5.41) is 14.1. The smallest absolute Gasteiger partial charge is 0.272 e. The zero-order valence-corrected chi connectivity index (χ0v) is 15.5. The maximum Gasteiger partial charge on any atom is 0.272 e. The molecule has 1 aliphatic heterocycles. The summed E-state index contributed by atoms with van der Waals surface area (Å²) < 4.78 is 5.13. The number of nitrogens with zero attached hydrogens (tertiary/aromatic N) is 2. The van der Waals surface area contributed by atoms with E-state index in [1.54, 1.807) is 44.4 Å². The molecule has 1 fully saturated rings. The maximum atomic E-state index is 12.7. The van der Waals surface area contributed by atoms with Crippen LogP contribution >= 0.6 is 0 Å². The van der Waals surface area contributed by atoms with E-state index >= 15 is 0 Å². The Morgan fingerprint density at radius 1 is 1.30 bits per heavy atom. The van der Waals surface area contributed by atoms with Crippen LogP contribution in [0.1, 0.15) is 24.0 Å². The molecule has 1 saturated heterocycles. The standard InChI is InChI=1S/C20H23N3O4/c1-14-15(5-3-6-18(14)23(25)26)13-22-12-4-7-19(22)20(24)21-16-8-10-17(27-2)11-9-16/h3,5-6,8-11,19H,4,7,12-13H2,1-2H3,(H,21,24)/t19-/m0/s1. The highest BCUT2D eigenvalue weighted by Gasteiger charge is 2.31. The number of carbonyl (C=O) groups excluding carboxylic acids is 1. The first-order valence-corrected chi connectivity index (χ1v) is 8.91. The molecule has 7 nitrogen and oxygen atoms in total. The van der Waals surface area contributed by atoms with Crippen LogP contribution in [0.25, 0.3) is 0 Å². The Kier molecular flexibility index (Phi) is 5.71. The lowest BCUT2D eigenvalue weighted by Gasteiger charge is -2.24. The lowest BCUT2D eigenvalue weighted by Crippen LogP contribution is -2.39. The van der Waals surface area contributed by atoms with Crippen molar-refractivity contribution >= 4 is 17.3 Å². The van der Waals surface area contributed by atoms with Crippen LogP contribution in [0.15, 0.2) is 42.5 Å². The highest BCUT2D eigenvalue weighted by atomic mass is 16.6. The lowest BCUT2D eigenvalue weighted by atomic mass is 10.1. The molecule has 1 aliphatic rings. The molecule has 1 heterocycles. The highest BCUT2D eigenvalue weighted by Crippen LogP contribution is 2.26. The third kappa shape index (κ3) is 4.25. The van der Waals surface area contributed by atoms with Gasteiger partial charge in [0.05, 0.1) is 18.1 Å². The van der Waals surface area contributed by atoms with Gasteiger partial charge in [-0.3, -0.25) is 19.8 Å². The van der Waals surface area contributed by atoms with Crippen molar-refractivity contribution < 1.29 is 14.5 Å². The number of ether oxygens (including phenoxy) is 1. The van der Waals surface area contributed by atoms with E-state index in [0.29, 0.717) is 12.1 Å². The predicted molar refractivity (Wildman–Crippen MR) is 103 cm³/mol. The molecule has 27 heavy (non-hydrogen) atoms. The van der Waals surface area contributed by atoms with Crippen molar-refractivity contribution in [2.24, 2.45) is 0 Å². The molecule has 0 spiro atoms. The molecule has 0 unspecified atom stereocenters. The van der Waals surface area contributed by atoms with Gasteiger partial charge in [-0.2, -0.15) is 0 Å². The minimum atomic E-state index is -0.364. The quantitative estimate of drug-likeness (QED) is 0.622. The third-order valence-corrected chi connectivity index (χ3v) is 5.01. The van der Waals surface area contributed by atoms with Crippen molar-refractivity contribution in [3.05, 3.63) is 63.7 Å². The molecule has 0 aromatic heterocycles. The SMILES string of the molecule is COc1ccc(NC(=O)[C@@H]2CCCN2Cc2cccc([N+](=O)[O-])c2C)cc1. The molecule has 0 saturated carbocycles. The van der Waals surface area contributed by atoms with Crippen molar-refractivity contribution in [2.45, 2.75) is 32.4 Å². The van der Waals surface area contributed by atoms with Gasteiger partial charge in [0, 0.05) is 23.9 Å². The third-order valence-electron chi connectivity index (χ3n) is 5.01. The van der Waals surface area contributed by atoms with E-state index in [-0.39, 0.29) is 22.6 Å². The number of anilines is 1. The van der Waals surface area contributed by atoms with Crippen LogP contribution in [0, 0.1) is 17.0 Å². The van der Waals surface area contributed by atoms with E-state index < -0.39 is 0 Å². The van der Waals surface area contributed by atoms with E-state index in [9.17, 15) is 14.9 Å². The lowest BCUT2D eigenvalue weighted by molar-refractivity contribution is -0.385. The summed E-state index contributed by atoms with van der Waals surface area (Å²) in [5.74, 6) is 0.678. The van der Waals surface area contributed by atoms with Gasteiger partial charge in [-0.1, -0.05) is 12.1 Å². The summed E-state index contributed by atoms with van der Waals surface area (Å²) >= 11 is 0. The Hall–Kier alpha value is -2.93. The second-order valence-electron chi connectivity index (χ2n) is 6.66. The first-order chi connectivity index (χ1) is 13.0. The minimum Gasteiger partial charge on any atom is -0.497 e. The fourth-order valence-electron chi connectivity index (χ4n) is 3.47. The number of nitro benzene ring substituents is 1. The van der Waals surface area contributed by atoms with Crippen LogP contribution in [0.5, 0.6) is 5.75 Å². The van der Waals surface area contributed by atoms with Gasteiger partial charge < -0.3 is 10.1 Å². The fourth-order valence-corrected chi connectivity index (χ4v) is 3.47. The van der Waals surface area contributed by atoms with E-state index in [4.69, 9.17) is 4.74 Å². The molecule has 0 aliphatic carbocycles. The van der Waals surface area contributed by atoms with E-state index in [2.05, 4.69) is 10.2 Å². The van der Waals surface area contributed by atoms with E-state index in [0.717, 1.165) is 36.4 Å². The van der Waals surface area contributed by atoms with Crippen LogP contribution in [-0.4, -0.2) is 35.4 Å². The van der Waals surface area contributed by atoms with E-state index in [1.807, 2.05) is 6.07 Å². The molecule has 1 N–H and O–H groups in total. The molecule has 7 heteroatoms. The number of nitro groups is 1. The Labute approximate surface area is 158 Å². The van der Waals surface area contributed by atoms with Gasteiger partial charge in [-0.15, -0.1) is 0 Å². The van der Waals surface area contributed by atoms with Crippen molar-refractivity contribution in [2.75, 3.05) is 19.0 Å². The van der Waals surface area contributed by atoms with Crippen molar-refractivity contribution in [3.8, 4) is 5.75 Å². The fraction of sp³-hybridized carbons (Fsp3) is 0.350. The second kappa shape index (κ2) is 8.18. The predicted octanol–water partition coefficient (Wildman–Crippen LogP) is 3.51. The Morgan fingerprint density at radius 2 is 2.04 bits per heavy atom. The van der Waals surface area contributed by atoms with Crippen LogP contribution in [0.2, 0.25) is 0 Å². The number of rotatable bonds is 6. The first kappa shape index (κ1) is 18.8. The van der Waals surface area contributed by atoms with Crippen molar-refractivity contribution in [1.29, 1.82) is 0 Å². The minimum absolute atomic E-state index is 0.0549. The molecular weight excluding hydrogens is 346 g/mol. The molecule has 2 aromatic rings.